The highest BCUT2D eigenvalue weighted by Gasteiger charge is 2.35. The fourth-order valence-corrected chi connectivity index (χ4v) is 6.14. The normalized spacial score (nSPS) is 18.4. The average Bonchev–Trinajstić information content (AvgIpc) is 3.38. The Morgan fingerprint density at radius 3 is 2.26 bits per heavy atom. The van der Waals surface area contributed by atoms with E-state index in [1.165, 1.54) is 22.4 Å². The molecule has 2 aliphatic heterocycles. The molecule has 0 aliphatic carbocycles. The maximum Gasteiger partial charge on any atom is 0.410 e. The molecule has 42 heavy (non-hydrogen) atoms. The van der Waals surface area contributed by atoms with Gasteiger partial charge in [-0.1, -0.05) is 18.2 Å². The number of hydrogen-bond acceptors (Lipinski definition) is 5. The van der Waals surface area contributed by atoms with E-state index in [9.17, 15) is 9.59 Å². The van der Waals surface area contributed by atoms with Crippen LogP contribution in [0.15, 0.2) is 48.7 Å². The maximum absolute atomic E-state index is 14.2. The molecule has 0 radical (unpaired) electrons. The Morgan fingerprint density at radius 2 is 1.62 bits per heavy atom. The minimum Gasteiger partial charge on any atom is -0.444 e. The van der Waals surface area contributed by atoms with Gasteiger partial charge in [0.2, 0.25) is 0 Å². The first-order valence-electron chi connectivity index (χ1n) is 15.2. The third-order valence-corrected chi connectivity index (χ3v) is 8.55. The van der Waals surface area contributed by atoms with E-state index < -0.39 is 5.60 Å². The Bertz CT molecular complexity index is 1450. The number of benzene rings is 2. The number of hydrogen-bond donors (Lipinski definition) is 0. The number of piperidine rings is 1. The largest absolute Gasteiger partial charge is 0.444 e. The number of nitrogens with zero attached hydrogens (tertiary/aromatic N) is 5. The number of rotatable bonds is 4. The maximum atomic E-state index is 14.2. The van der Waals surface area contributed by atoms with Crippen LogP contribution in [0.3, 0.4) is 0 Å². The third kappa shape index (κ3) is 6.32. The molecule has 0 spiro atoms. The van der Waals surface area contributed by atoms with Crippen LogP contribution in [0.4, 0.5) is 10.5 Å². The lowest BCUT2D eigenvalue weighted by molar-refractivity contribution is 0.0203. The Hall–Kier alpha value is -3.81. The Kier molecular flexibility index (Phi) is 8.35. The van der Waals surface area contributed by atoms with Crippen molar-refractivity contribution >= 4 is 17.7 Å². The molecule has 2 fully saturated rings. The second-order valence-electron chi connectivity index (χ2n) is 13.0. The summed E-state index contributed by atoms with van der Waals surface area (Å²) in [6, 6.07) is 15.1. The molecule has 0 bridgehead atoms. The number of ether oxygens (including phenoxy) is 1. The Morgan fingerprint density at radius 1 is 0.881 bits per heavy atom. The lowest BCUT2D eigenvalue weighted by Gasteiger charge is -2.41. The molecule has 2 saturated heterocycles. The second kappa shape index (κ2) is 11.8. The highest BCUT2D eigenvalue weighted by atomic mass is 16.6. The molecule has 0 N–H and O–H groups in total. The van der Waals surface area contributed by atoms with Gasteiger partial charge in [-0.25, -0.2) is 9.48 Å². The van der Waals surface area contributed by atoms with Gasteiger partial charge in [-0.05, 0) is 102 Å². The monoisotopic (exact) mass is 571 g/mol. The van der Waals surface area contributed by atoms with E-state index >= 15 is 0 Å². The van der Waals surface area contributed by atoms with Crippen molar-refractivity contribution in [1.82, 2.24) is 19.6 Å². The number of carbonyl (C=O) groups is 2. The van der Waals surface area contributed by atoms with Crippen LogP contribution < -0.4 is 4.90 Å². The lowest BCUT2D eigenvalue weighted by Crippen LogP contribution is -2.54. The molecule has 8 heteroatoms. The van der Waals surface area contributed by atoms with Crippen molar-refractivity contribution in [2.75, 3.05) is 37.6 Å². The summed E-state index contributed by atoms with van der Waals surface area (Å²) in [5, 5.41) is 4.80. The predicted octanol–water partition coefficient (Wildman–Crippen LogP) is 6.26. The molecule has 2 aliphatic rings. The molecule has 2 amide bonds. The van der Waals surface area contributed by atoms with E-state index in [2.05, 4.69) is 75.1 Å². The van der Waals surface area contributed by atoms with Crippen molar-refractivity contribution in [3.05, 3.63) is 76.6 Å². The molecule has 3 aromatic rings. The van der Waals surface area contributed by atoms with Gasteiger partial charge in [0.05, 0.1) is 23.1 Å². The van der Waals surface area contributed by atoms with Gasteiger partial charge in [-0.2, -0.15) is 5.10 Å². The van der Waals surface area contributed by atoms with Crippen LogP contribution in [0.25, 0.3) is 5.69 Å². The zero-order chi connectivity index (χ0) is 30.2. The Labute approximate surface area is 250 Å². The van der Waals surface area contributed by atoms with Crippen molar-refractivity contribution in [3.8, 4) is 5.69 Å². The minimum absolute atomic E-state index is 0.0328. The molecule has 1 unspecified atom stereocenters. The second-order valence-corrected chi connectivity index (χ2v) is 13.0. The first-order chi connectivity index (χ1) is 19.9. The highest BCUT2D eigenvalue weighted by Crippen LogP contribution is 2.34. The number of piperazine rings is 1. The fraction of sp³-hybridized carbons (Fsp3) is 0.500. The summed E-state index contributed by atoms with van der Waals surface area (Å²) in [7, 11) is 0. The summed E-state index contributed by atoms with van der Waals surface area (Å²) < 4.78 is 7.58. The van der Waals surface area contributed by atoms with Crippen LogP contribution in [0.1, 0.15) is 79.2 Å². The molecule has 0 saturated carbocycles. The van der Waals surface area contributed by atoms with Crippen molar-refractivity contribution in [2.24, 2.45) is 0 Å². The quantitative estimate of drug-likeness (QED) is 0.370. The van der Waals surface area contributed by atoms with E-state index in [1.807, 2.05) is 30.4 Å². The van der Waals surface area contributed by atoms with Gasteiger partial charge >= 0.3 is 6.09 Å². The number of aryl methyl sites for hydroxylation is 3. The SMILES string of the molecule is Cc1cccc(N2CCN(C(=O)c3cnn(-c4ccc(C)c(C)c4)c3C3CCN(C(=O)OC(C)(C)C)CC3)CC2C)c1. The topological polar surface area (TPSA) is 70.9 Å². The summed E-state index contributed by atoms with van der Waals surface area (Å²) in [4.78, 5) is 33.1. The fourth-order valence-electron chi connectivity index (χ4n) is 6.14. The molecule has 3 heterocycles. The average molecular weight is 572 g/mol. The van der Waals surface area contributed by atoms with E-state index in [4.69, 9.17) is 9.84 Å². The lowest BCUT2D eigenvalue weighted by atomic mass is 9.90. The third-order valence-electron chi connectivity index (χ3n) is 8.55. The molecule has 224 valence electrons. The van der Waals surface area contributed by atoms with Gasteiger partial charge in [0, 0.05) is 50.4 Å². The van der Waals surface area contributed by atoms with E-state index in [-0.39, 0.29) is 24.0 Å². The molecule has 5 rings (SSSR count). The first kappa shape index (κ1) is 29.7. The molecule has 2 aromatic carbocycles. The van der Waals surface area contributed by atoms with Gasteiger partial charge < -0.3 is 19.4 Å². The van der Waals surface area contributed by atoms with Crippen LogP contribution in [0.5, 0.6) is 0 Å². The van der Waals surface area contributed by atoms with Crippen LogP contribution in [0, 0.1) is 20.8 Å². The van der Waals surface area contributed by atoms with Gasteiger partial charge in [0.15, 0.2) is 0 Å². The first-order valence-corrected chi connectivity index (χ1v) is 15.2. The Balaban J connectivity index is 1.40. The van der Waals surface area contributed by atoms with Crippen molar-refractivity contribution < 1.29 is 14.3 Å². The molecule has 1 aromatic heterocycles. The number of anilines is 1. The molecular formula is C34H45N5O3. The van der Waals surface area contributed by atoms with Crippen molar-refractivity contribution in [2.45, 2.75) is 78.9 Å². The van der Waals surface area contributed by atoms with E-state index in [0.29, 0.717) is 31.7 Å². The van der Waals surface area contributed by atoms with Gasteiger partial charge in [-0.3, -0.25) is 4.79 Å². The van der Waals surface area contributed by atoms with Crippen LogP contribution in [-0.2, 0) is 4.74 Å². The highest BCUT2D eigenvalue weighted by molar-refractivity contribution is 5.95. The van der Waals surface area contributed by atoms with Crippen LogP contribution >= 0.6 is 0 Å². The summed E-state index contributed by atoms with van der Waals surface area (Å²) in [5.74, 6) is 0.128. The predicted molar refractivity (Wildman–Crippen MR) is 167 cm³/mol. The summed E-state index contributed by atoms with van der Waals surface area (Å²) in [6.45, 7) is 17.4. The number of likely N-dealkylation sites (tertiary alicyclic amines) is 1. The van der Waals surface area contributed by atoms with Crippen LogP contribution in [0.2, 0.25) is 0 Å². The number of carbonyl (C=O) groups excluding carboxylic acids is 2. The zero-order valence-corrected chi connectivity index (χ0v) is 26.2. The van der Waals surface area contributed by atoms with E-state index in [0.717, 1.165) is 30.8 Å². The zero-order valence-electron chi connectivity index (χ0n) is 26.2. The van der Waals surface area contributed by atoms with Crippen LogP contribution in [-0.4, -0.2) is 75.9 Å². The summed E-state index contributed by atoms with van der Waals surface area (Å²) in [6.07, 6.45) is 2.96. The summed E-state index contributed by atoms with van der Waals surface area (Å²) in [5.41, 5.74) is 6.88. The molecule has 8 nitrogen and oxygen atoms in total. The molecule has 1 atom stereocenters. The number of amides is 2. The van der Waals surface area contributed by atoms with Gasteiger partial charge in [0.25, 0.3) is 5.91 Å². The molecular weight excluding hydrogens is 526 g/mol. The van der Waals surface area contributed by atoms with Gasteiger partial charge in [-0.15, -0.1) is 0 Å². The van der Waals surface area contributed by atoms with Crippen molar-refractivity contribution in [3.63, 3.8) is 0 Å². The van der Waals surface area contributed by atoms with Crippen molar-refractivity contribution in [1.29, 1.82) is 0 Å². The van der Waals surface area contributed by atoms with E-state index in [1.54, 1.807) is 11.1 Å². The number of aromatic nitrogens is 2. The smallest absolute Gasteiger partial charge is 0.410 e. The minimum atomic E-state index is -0.532. The van der Waals surface area contributed by atoms with Gasteiger partial charge in [0.1, 0.15) is 5.60 Å². The standard InChI is InChI=1S/C34H45N5O3/c1-23-9-8-10-28(19-23)38-18-17-37(22-26(38)4)32(40)30-21-35-39(29-12-11-24(2)25(3)20-29)31(30)27-13-15-36(16-14-27)33(41)42-34(5,6)7/h8-12,19-21,26-27H,13-18,22H2,1-7H3. The summed E-state index contributed by atoms with van der Waals surface area (Å²) >= 11 is 0.